The fourth-order valence-corrected chi connectivity index (χ4v) is 5.14. The Balaban J connectivity index is 2.24. The van der Waals surface area contributed by atoms with Gasteiger partial charge in [0.2, 0.25) is 17.7 Å². The Morgan fingerprint density at radius 1 is 1.06 bits per heavy atom. The summed E-state index contributed by atoms with van der Waals surface area (Å²) in [6.07, 6.45) is 7.06. The maximum atomic E-state index is 13.8. The van der Waals surface area contributed by atoms with Crippen LogP contribution in [0.5, 0.6) is 0 Å². The van der Waals surface area contributed by atoms with Crippen LogP contribution in [0.25, 0.3) is 0 Å². The Kier molecular flexibility index (Phi) is 10.1. The van der Waals surface area contributed by atoms with Gasteiger partial charge in [-0.25, -0.2) is 0 Å². The van der Waals surface area contributed by atoms with Crippen LogP contribution < -0.4 is 5.32 Å². The maximum Gasteiger partial charge on any atom is 0.249 e. The number of nitrogens with zero attached hydrogens (tertiary/aromatic N) is 3. The summed E-state index contributed by atoms with van der Waals surface area (Å²) in [4.78, 5) is 56.7. The van der Waals surface area contributed by atoms with Gasteiger partial charge in [0.05, 0.1) is 18.1 Å². The van der Waals surface area contributed by atoms with Crippen molar-refractivity contribution in [2.45, 2.75) is 97.8 Å². The van der Waals surface area contributed by atoms with Gasteiger partial charge in [-0.3, -0.25) is 19.3 Å². The van der Waals surface area contributed by atoms with Gasteiger partial charge in [0.1, 0.15) is 12.3 Å². The molecule has 0 aromatic carbocycles. The number of hydrogen-bond donors (Lipinski definition) is 1. The van der Waals surface area contributed by atoms with Crippen LogP contribution in [-0.4, -0.2) is 90.1 Å². The molecule has 2 aliphatic rings. The molecule has 0 spiro atoms. The zero-order chi connectivity index (χ0) is 26.5. The molecule has 198 valence electrons. The monoisotopic (exact) mass is 490 g/mol. The van der Waals surface area contributed by atoms with Gasteiger partial charge in [-0.05, 0) is 57.5 Å². The molecule has 35 heavy (non-hydrogen) atoms. The second-order valence-electron chi connectivity index (χ2n) is 11.7. The van der Waals surface area contributed by atoms with Crippen LogP contribution in [-0.2, 0) is 19.2 Å². The SMILES string of the molecule is C/C(=C\C(C(C)C)N(C)C(=O)C(NC(=O)C1CCCCN1C)C(C)(C)C)C(=O)N1CCCC1C=O. The number of aldehydes is 1. The van der Waals surface area contributed by atoms with Crippen molar-refractivity contribution in [1.82, 2.24) is 20.0 Å². The summed E-state index contributed by atoms with van der Waals surface area (Å²) >= 11 is 0. The molecule has 0 aromatic heterocycles. The lowest BCUT2D eigenvalue weighted by atomic mass is 9.84. The largest absolute Gasteiger partial charge is 0.342 e. The highest BCUT2D eigenvalue weighted by atomic mass is 16.2. The molecule has 0 aromatic rings. The van der Waals surface area contributed by atoms with Crippen molar-refractivity contribution in [2.75, 3.05) is 27.2 Å². The van der Waals surface area contributed by atoms with Crippen LogP contribution in [0.1, 0.15) is 73.6 Å². The molecule has 2 fully saturated rings. The summed E-state index contributed by atoms with van der Waals surface area (Å²) in [5.41, 5.74) is 0.0362. The van der Waals surface area contributed by atoms with Gasteiger partial charge in [0.15, 0.2) is 0 Å². The number of piperidine rings is 1. The fourth-order valence-electron chi connectivity index (χ4n) is 5.14. The minimum Gasteiger partial charge on any atom is -0.342 e. The molecule has 8 heteroatoms. The summed E-state index contributed by atoms with van der Waals surface area (Å²) < 4.78 is 0. The Morgan fingerprint density at radius 2 is 1.71 bits per heavy atom. The summed E-state index contributed by atoms with van der Waals surface area (Å²) in [5, 5.41) is 3.06. The van der Waals surface area contributed by atoms with E-state index < -0.39 is 11.5 Å². The number of carbonyl (C=O) groups is 4. The van der Waals surface area contributed by atoms with Gasteiger partial charge in [0.25, 0.3) is 0 Å². The van der Waals surface area contributed by atoms with Crippen molar-refractivity contribution in [3.8, 4) is 0 Å². The molecule has 1 N–H and O–H groups in total. The lowest BCUT2D eigenvalue weighted by Gasteiger charge is -2.39. The van der Waals surface area contributed by atoms with Crippen LogP contribution in [0.15, 0.2) is 11.6 Å². The van der Waals surface area contributed by atoms with Crippen molar-refractivity contribution in [3.05, 3.63) is 11.6 Å². The Morgan fingerprint density at radius 3 is 2.26 bits per heavy atom. The van der Waals surface area contributed by atoms with E-state index in [2.05, 4.69) is 10.2 Å². The van der Waals surface area contributed by atoms with Crippen molar-refractivity contribution in [1.29, 1.82) is 0 Å². The molecule has 0 aliphatic carbocycles. The van der Waals surface area contributed by atoms with Gasteiger partial charge < -0.3 is 19.9 Å². The number of likely N-dealkylation sites (N-methyl/N-ethyl adjacent to an activating group) is 2. The Hall–Kier alpha value is -2.22. The van der Waals surface area contributed by atoms with E-state index in [1.165, 1.54) is 0 Å². The molecule has 2 heterocycles. The van der Waals surface area contributed by atoms with E-state index in [9.17, 15) is 19.2 Å². The minimum atomic E-state index is -0.695. The van der Waals surface area contributed by atoms with Crippen LogP contribution in [0.3, 0.4) is 0 Å². The van der Waals surface area contributed by atoms with Gasteiger partial charge in [-0.15, -0.1) is 0 Å². The number of likely N-dealkylation sites (tertiary alicyclic amines) is 2. The predicted octanol–water partition coefficient (Wildman–Crippen LogP) is 2.62. The molecule has 2 saturated heterocycles. The lowest BCUT2D eigenvalue weighted by molar-refractivity contribution is -0.141. The van der Waals surface area contributed by atoms with Crippen molar-refractivity contribution >= 4 is 24.0 Å². The molecule has 2 rings (SSSR count). The highest BCUT2D eigenvalue weighted by Gasteiger charge is 2.39. The van der Waals surface area contributed by atoms with Crippen LogP contribution in [0.2, 0.25) is 0 Å². The van der Waals surface area contributed by atoms with Crippen molar-refractivity contribution in [2.24, 2.45) is 11.3 Å². The number of nitrogens with one attached hydrogen (secondary N) is 1. The minimum absolute atomic E-state index is 0.0490. The first kappa shape index (κ1) is 29.0. The molecular formula is C27H46N4O4. The van der Waals surface area contributed by atoms with Crippen LogP contribution >= 0.6 is 0 Å². The van der Waals surface area contributed by atoms with Crippen LogP contribution in [0, 0.1) is 11.3 Å². The summed E-state index contributed by atoms with van der Waals surface area (Å²) in [5.74, 6) is -0.391. The van der Waals surface area contributed by atoms with Gasteiger partial charge in [-0.2, -0.15) is 0 Å². The topological polar surface area (TPSA) is 90.0 Å². The van der Waals surface area contributed by atoms with E-state index in [1.807, 2.05) is 47.7 Å². The van der Waals surface area contributed by atoms with Gasteiger partial charge >= 0.3 is 0 Å². The van der Waals surface area contributed by atoms with Gasteiger partial charge in [-0.1, -0.05) is 47.1 Å². The second kappa shape index (κ2) is 12.2. The van der Waals surface area contributed by atoms with Gasteiger partial charge in [0, 0.05) is 19.2 Å². The summed E-state index contributed by atoms with van der Waals surface area (Å²) in [7, 11) is 3.70. The Bertz CT molecular complexity index is 816. The number of carbonyl (C=O) groups excluding carboxylic acids is 4. The molecule has 0 bridgehead atoms. The van der Waals surface area contributed by atoms with E-state index in [0.717, 1.165) is 38.5 Å². The zero-order valence-electron chi connectivity index (χ0n) is 23.0. The first-order valence-electron chi connectivity index (χ1n) is 13.0. The summed E-state index contributed by atoms with van der Waals surface area (Å²) in [6, 6.07) is -1.62. The van der Waals surface area contributed by atoms with E-state index in [4.69, 9.17) is 0 Å². The molecule has 0 radical (unpaired) electrons. The predicted molar refractivity (Wildman–Crippen MR) is 138 cm³/mol. The standard InChI is InChI=1S/C27H46N4O4/c1-18(2)22(16-19(3)25(34)31-15-11-12-20(31)17-32)30(8)26(35)23(27(4,5)6)28-24(33)21-13-9-10-14-29(21)7/h16-18,20-23H,9-15H2,1-8H3,(H,28,33)/b19-16+. The molecular weight excluding hydrogens is 444 g/mol. The highest BCUT2D eigenvalue weighted by molar-refractivity contribution is 5.95. The number of amides is 3. The van der Waals surface area contributed by atoms with E-state index >= 15 is 0 Å². The van der Waals surface area contributed by atoms with E-state index in [0.29, 0.717) is 18.5 Å². The van der Waals surface area contributed by atoms with Crippen molar-refractivity contribution in [3.63, 3.8) is 0 Å². The quantitative estimate of drug-likeness (QED) is 0.417. The van der Waals surface area contributed by atoms with Crippen molar-refractivity contribution < 1.29 is 19.2 Å². The zero-order valence-corrected chi connectivity index (χ0v) is 23.0. The average Bonchev–Trinajstić information content (AvgIpc) is 3.27. The number of hydrogen-bond acceptors (Lipinski definition) is 5. The third kappa shape index (κ3) is 7.15. The van der Waals surface area contributed by atoms with Crippen LogP contribution in [0.4, 0.5) is 0 Å². The second-order valence-corrected chi connectivity index (χ2v) is 11.7. The lowest BCUT2D eigenvalue weighted by Crippen LogP contribution is -2.59. The number of rotatable bonds is 8. The molecule has 0 saturated carbocycles. The smallest absolute Gasteiger partial charge is 0.249 e. The Labute approximate surface area is 211 Å². The molecule has 2 aliphatic heterocycles. The molecule has 4 atom stereocenters. The average molecular weight is 491 g/mol. The molecule has 4 unspecified atom stereocenters. The van der Waals surface area contributed by atoms with E-state index in [-0.39, 0.29) is 41.8 Å². The highest BCUT2D eigenvalue weighted by Crippen LogP contribution is 2.25. The third-order valence-corrected chi connectivity index (χ3v) is 7.43. The van der Waals surface area contributed by atoms with E-state index in [1.54, 1.807) is 23.8 Å². The summed E-state index contributed by atoms with van der Waals surface area (Å²) in [6.45, 7) is 13.1. The fraction of sp³-hybridized carbons (Fsp3) is 0.778. The molecule has 8 nitrogen and oxygen atoms in total. The maximum absolute atomic E-state index is 13.8. The molecule has 3 amide bonds. The first-order valence-corrected chi connectivity index (χ1v) is 13.0. The normalized spacial score (nSPS) is 23.7. The third-order valence-electron chi connectivity index (χ3n) is 7.43. The first-order chi connectivity index (χ1) is 16.3.